The molecule has 0 spiro atoms. The molecule has 0 aliphatic heterocycles. The highest BCUT2D eigenvalue weighted by atomic mass is 16.6. The smallest absolute Gasteiger partial charge is 0.305 e. The Balaban J connectivity index is 3.82. The van der Waals surface area contributed by atoms with E-state index in [0.717, 1.165) is 64.2 Å². The molecule has 2 atom stereocenters. The molecule has 0 aromatic heterocycles. The zero-order chi connectivity index (χ0) is 28.8. The third-order valence-electron chi connectivity index (χ3n) is 5.57. The van der Waals surface area contributed by atoms with Gasteiger partial charge in [0.15, 0.2) is 0 Å². The van der Waals surface area contributed by atoms with Crippen molar-refractivity contribution in [3.63, 3.8) is 0 Å². The Morgan fingerprint density at radius 3 is 1.72 bits per heavy atom. The van der Waals surface area contributed by atoms with Gasteiger partial charge in [-0.05, 0) is 44.9 Å². The SMILES string of the molecule is CC/C=C\C/C=C\C/C=C\C/C=C\C/C=C\C=C/C(O)CCC(=O)OC[C@@H](O)COC(=O)CCCCCCC. The van der Waals surface area contributed by atoms with Crippen LogP contribution in [-0.4, -0.2) is 47.6 Å². The summed E-state index contributed by atoms with van der Waals surface area (Å²) < 4.78 is 10.0. The van der Waals surface area contributed by atoms with Gasteiger partial charge in [0.25, 0.3) is 0 Å². The first kappa shape index (κ1) is 36.3. The molecule has 1 unspecified atom stereocenters. The average molecular weight is 545 g/mol. The number of carbonyl (C=O) groups excluding carboxylic acids is 2. The summed E-state index contributed by atoms with van der Waals surface area (Å²) in [4.78, 5) is 23.5. The van der Waals surface area contributed by atoms with Crippen LogP contribution in [-0.2, 0) is 19.1 Å². The third kappa shape index (κ3) is 28.1. The molecule has 0 fully saturated rings. The molecule has 0 amide bonds. The first-order valence-corrected chi connectivity index (χ1v) is 14.6. The van der Waals surface area contributed by atoms with Crippen molar-refractivity contribution in [1.82, 2.24) is 0 Å². The van der Waals surface area contributed by atoms with Crippen LogP contribution in [0.3, 0.4) is 0 Å². The topological polar surface area (TPSA) is 93.1 Å². The summed E-state index contributed by atoms with van der Waals surface area (Å²) >= 11 is 0. The summed E-state index contributed by atoms with van der Waals surface area (Å²) in [5.41, 5.74) is 0. The van der Waals surface area contributed by atoms with Crippen LogP contribution in [0.2, 0.25) is 0 Å². The van der Waals surface area contributed by atoms with Gasteiger partial charge in [0.05, 0.1) is 6.10 Å². The predicted octanol–water partition coefficient (Wildman–Crippen LogP) is 7.24. The Morgan fingerprint density at radius 2 is 1.15 bits per heavy atom. The van der Waals surface area contributed by atoms with Crippen LogP contribution in [0.15, 0.2) is 72.9 Å². The van der Waals surface area contributed by atoms with Crippen molar-refractivity contribution in [1.29, 1.82) is 0 Å². The Hall–Kier alpha value is -2.70. The fourth-order valence-corrected chi connectivity index (χ4v) is 3.31. The highest BCUT2D eigenvalue weighted by molar-refractivity contribution is 5.69. The highest BCUT2D eigenvalue weighted by Crippen LogP contribution is 2.06. The first-order chi connectivity index (χ1) is 19.0. The van der Waals surface area contributed by atoms with Gasteiger partial charge in [0, 0.05) is 12.8 Å². The Kier molecular flexibility index (Phi) is 26.4. The Bertz CT molecular complexity index is 775. The van der Waals surface area contributed by atoms with E-state index in [0.29, 0.717) is 6.42 Å². The predicted molar refractivity (Wildman–Crippen MR) is 160 cm³/mol. The van der Waals surface area contributed by atoms with E-state index < -0.39 is 18.2 Å². The van der Waals surface area contributed by atoms with E-state index in [1.54, 1.807) is 12.2 Å². The van der Waals surface area contributed by atoms with Crippen LogP contribution in [0, 0.1) is 0 Å². The summed E-state index contributed by atoms with van der Waals surface area (Å²) in [5.74, 6) is -0.863. The van der Waals surface area contributed by atoms with Crippen LogP contribution >= 0.6 is 0 Å². The lowest BCUT2D eigenvalue weighted by molar-refractivity contribution is -0.152. The van der Waals surface area contributed by atoms with Crippen LogP contribution in [0.1, 0.15) is 97.3 Å². The van der Waals surface area contributed by atoms with E-state index in [9.17, 15) is 19.8 Å². The molecule has 0 heterocycles. The lowest BCUT2D eigenvalue weighted by Crippen LogP contribution is -2.25. The minimum Gasteiger partial charge on any atom is -0.463 e. The van der Waals surface area contributed by atoms with Gasteiger partial charge in [-0.3, -0.25) is 9.59 Å². The van der Waals surface area contributed by atoms with Crippen molar-refractivity contribution >= 4 is 11.9 Å². The highest BCUT2D eigenvalue weighted by Gasteiger charge is 2.13. The minimum absolute atomic E-state index is 0.0292. The van der Waals surface area contributed by atoms with Crippen molar-refractivity contribution < 1.29 is 29.3 Å². The molecule has 0 aliphatic carbocycles. The second-order valence-corrected chi connectivity index (χ2v) is 9.34. The number of aliphatic hydroxyl groups is 2. The van der Waals surface area contributed by atoms with Crippen LogP contribution in [0.5, 0.6) is 0 Å². The number of unbranched alkanes of at least 4 members (excludes halogenated alkanes) is 4. The zero-order valence-corrected chi connectivity index (χ0v) is 24.2. The Morgan fingerprint density at radius 1 is 0.641 bits per heavy atom. The van der Waals surface area contributed by atoms with Gasteiger partial charge in [-0.2, -0.15) is 0 Å². The van der Waals surface area contributed by atoms with Gasteiger partial charge in [-0.15, -0.1) is 0 Å². The second kappa shape index (κ2) is 28.3. The zero-order valence-electron chi connectivity index (χ0n) is 24.2. The molecular weight excluding hydrogens is 492 g/mol. The fourth-order valence-electron chi connectivity index (χ4n) is 3.31. The maximum atomic E-state index is 11.8. The number of ether oxygens (including phenoxy) is 2. The molecule has 0 aliphatic rings. The van der Waals surface area contributed by atoms with Gasteiger partial charge in [0.1, 0.15) is 19.3 Å². The molecule has 6 nitrogen and oxygen atoms in total. The van der Waals surface area contributed by atoms with E-state index in [1.807, 2.05) is 12.2 Å². The van der Waals surface area contributed by atoms with Crippen molar-refractivity contribution in [3.8, 4) is 0 Å². The molecule has 0 radical (unpaired) electrons. The molecule has 2 N–H and O–H groups in total. The number of carbonyl (C=O) groups is 2. The van der Waals surface area contributed by atoms with E-state index >= 15 is 0 Å². The van der Waals surface area contributed by atoms with Gasteiger partial charge in [0.2, 0.25) is 0 Å². The summed E-state index contributed by atoms with van der Waals surface area (Å²) in [5, 5.41) is 19.8. The van der Waals surface area contributed by atoms with Crippen LogP contribution in [0.4, 0.5) is 0 Å². The summed E-state index contributed by atoms with van der Waals surface area (Å²) in [7, 11) is 0. The number of hydrogen-bond donors (Lipinski definition) is 2. The monoisotopic (exact) mass is 544 g/mol. The van der Waals surface area contributed by atoms with Crippen molar-refractivity contribution in [3.05, 3.63) is 72.9 Å². The van der Waals surface area contributed by atoms with Crippen LogP contribution in [0.25, 0.3) is 0 Å². The van der Waals surface area contributed by atoms with E-state index in [-0.39, 0.29) is 32.0 Å². The average Bonchev–Trinajstić information content (AvgIpc) is 2.93. The molecule has 6 heteroatoms. The quantitative estimate of drug-likeness (QED) is 0.0576. The summed E-state index contributed by atoms with van der Waals surface area (Å²) in [6.45, 7) is 3.83. The minimum atomic E-state index is -1.06. The standard InChI is InChI=1S/C33H52O6/c1-3-5-7-9-10-11-12-13-14-15-16-17-18-19-21-22-24-30(34)26-27-33(37)39-29-31(35)28-38-32(36)25-23-20-8-6-4-2/h5,7,10-11,13-14,16-17,19,21-22,24,30-31,34-35H,3-4,6,8-9,12,15,18,20,23,25-29H2,1-2H3/b7-5-,11-10-,14-13-,17-16-,21-19-,24-22-/t30?,31-/m0/s1. The van der Waals surface area contributed by atoms with E-state index in [4.69, 9.17) is 9.47 Å². The molecule has 0 bridgehead atoms. The molecular formula is C33H52O6. The molecule has 0 aromatic rings. The summed E-state index contributed by atoms with van der Waals surface area (Å²) in [6.07, 6.45) is 33.2. The largest absolute Gasteiger partial charge is 0.463 e. The molecule has 39 heavy (non-hydrogen) atoms. The van der Waals surface area contributed by atoms with Crippen LogP contribution < -0.4 is 0 Å². The van der Waals surface area contributed by atoms with Gasteiger partial charge >= 0.3 is 11.9 Å². The van der Waals surface area contributed by atoms with Crippen molar-refractivity contribution in [2.24, 2.45) is 0 Å². The van der Waals surface area contributed by atoms with Crippen molar-refractivity contribution in [2.45, 2.75) is 110 Å². The summed E-state index contributed by atoms with van der Waals surface area (Å²) in [6, 6.07) is 0. The first-order valence-electron chi connectivity index (χ1n) is 14.6. The molecule has 0 saturated heterocycles. The third-order valence-corrected chi connectivity index (χ3v) is 5.57. The van der Waals surface area contributed by atoms with E-state index in [1.165, 1.54) is 0 Å². The van der Waals surface area contributed by atoms with Gasteiger partial charge in [-0.1, -0.05) is 112 Å². The maximum absolute atomic E-state index is 11.8. The number of esters is 2. The van der Waals surface area contributed by atoms with Gasteiger partial charge in [-0.25, -0.2) is 0 Å². The molecule has 220 valence electrons. The maximum Gasteiger partial charge on any atom is 0.305 e. The van der Waals surface area contributed by atoms with E-state index in [2.05, 4.69) is 62.5 Å². The fraction of sp³-hybridized carbons (Fsp3) is 0.576. The van der Waals surface area contributed by atoms with Crippen molar-refractivity contribution in [2.75, 3.05) is 13.2 Å². The Labute approximate surface area is 236 Å². The number of rotatable bonds is 24. The molecule has 0 saturated carbocycles. The lowest BCUT2D eigenvalue weighted by Gasteiger charge is -2.12. The lowest BCUT2D eigenvalue weighted by atomic mass is 10.1. The molecule has 0 aromatic carbocycles. The molecule has 0 rings (SSSR count). The van der Waals surface area contributed by atoms with Gasteiger partial charge < -0.3 is 19.7 Å². The number of aliphatic hydroxyl groups excluding tert-OH is 2. The number of allylic oxidation sites excluding steroid dienone is 11. The second-order valence-electron chi connectivity index (χ2n) is 9.34. The number of hydrogen-bond acceptors (Lipinski definition) is 6. The normalized spacial score (nSPS) is 14.1.